The first kappa shape index (κ1) is 11.7. The SMILES string of the molecule is COC1CCC(COC(=S)NN)CC1. The van der Waals surface area contributed by atoms with Gasteiger partial charge in [0.15, 0.2) is 0 Å². The fraction of sp³-hybridized carbons (Fsp3) is 0.889. The number of nitrogens with two attached hydrogens (primary N) is 1. The average Bonchev–Trinajstić information content (AvgIpc) is 2.26. The number of methoxy groups -OCH3 is 1. The van der Waals surface area contributed by atoms with Gasteiger partial charge in [-0.2, -0.15) is 0 Å². The Hall–Kier alpha value is -0.390. The van der Waals surface area contributed by atoms with Crippen LogP contribution < -0.4 is 11.3 Å². The topological polar surface area (TPSA) is 56.5 Å². The van der Waals surface area contributed by atoms with E-state index in [0.717, 1.165) is 25.7 Å². The number of ether oxygens (including phenoxy) is 2. The van der Waals surface area contributed by atoms with Gasteiger partial charge < -0.3 is 9.47 Å². The lowest BCUT2D eigenvalue weighted by Gasteiger charge is -2.27. The van der Waals surface area contributed by atoms with E-state index in [1.54, 1.807) is 7.11 Å². The first-order valence-corrected chi connectivity index (χ1v) is 5.33. The minimum Gasteiger partial charge on any atom is -0.470 e. The van der Waals surface area contributed by atoms with Crippen LogP contribution >= 0.6 is 12.2 Å². The lowest BCUT2D eigenvalue weighted by molar-refractivity contribution is 0.0470. The van der Waals surface area contributed by atoms with Gasteiger partial charge in [0.25, 0.3) is 5.17 Å². The third kappa shape index (κ3) is 3.77. The quantitative estimate of drug-likeness (QED) is 0.420. The number of hydrazine groups is 1. The van der Waals surface area contributed by atoms with E-state index in [1.165, 1.54) is 0 Å². The molecule has 0 aromatic carbocycles. The molecule has 1 fully saturated rings. The lowest BCUT2D eigenvalue weighted by atomic mass is 9.88. The van der Waals surface area contributed by atoms with Crippen molar-refractivity contribution < 1.29 is 9.47 Å². The molecule has 0 spiro atoms. The van der Waals surface area contributed by atoms with Crippen molar-refractivity contribution in [2.45, 2.75) is 31.8 Å². The smallest absolute Gasteiger partial charge is 0.271 e. The van der Waals surface area contributed by atoms with Crippen LogP contribution in [0.1, 0.15) is 25.7 Å². The van der Waals surface area contributed by atoms with Crippen molar-refractivity contribution in [3.05, 3.63) is 0 Å². The zero-order valence-electron chi connectivity index (χ0n) is 8.49. The van der Waals surface area contributed by atoms with E-state index in [9.17, 15) is 0 Å². The zero-order chi connectivity index (χ0) is 10.4. The molecule has 0 amide bonds. The monoisotopic (exact) mass is 218 g/mol. The summed E-state index contributed by atoms with van der Waals surface area (Å²) in [5.74, 6) is 5.69. The zero-order valence-corrected chi connectivity index (χ0v) is 9.31. The van der Waals surface area contributed by atoms with Gasteiger partial charge in [0.05, 0.1) is 12.7 Å². The second-order valence-corrected chi connectivity index (χ2v) is 3.99. The Kier molecular flexibility index (Phi) is 5.14. The third-order valence-corrected chi connectivity index (χ3v) is 2.93. The van der Waals surface area contributed by atoms with Crippen molar-refractivity contribution >= 4 is 17.4 Å². The summed E-state index contributed by atoms with van der Waals surface area (Å²) >= 11 is 4.79. The Bertz CT molecular complexity index is 182. The van der Waals surface area contributed by atoms with E-state index in [-0.39, 0.29) is 5.17 Å². The Labute approximate surface area is 90.1 Å². The van der Waals surface area contributed by atoms with Crippen molar-refractivity contribution in [1.82, 2.24) is 5.43 Å². The highest BCUT2D eigenvalue weighted by Crippen LogP contribution is 2.25. The van der Waals surface area contributed by atoms with Gasteiger partial charge in [-0.15, -0.1) is 0 Å². The minimum atomic E-state index is 0.277. The Balaban J connectivity index is 2.13. The van der Waals surface area contributed by atoms with Gasteiger partial charge in [0.2, 0.25) is 0 Å². The number of hydrogen-bond acceptors (Lipinski definition) is 4. The molecule has 0 heterocycles. The molecule has 0 unspecified atom stereocenters. The average molecular weight is 218 g/mol. The summed E-state index contributed by atoms with van der Waals surface area (Å²) < 4.78 is 10.5. The molecule has 1 saturated carbocycles. The standard InChI is InChI=1S/C9H18N2O2S/c1-12-8-4-2-7(3-5-8)6-13-9(14)11-10/h7-8H,2-6,10H2,1H3,(H,11,14). The summed E-state index contributed by atoms with van der Waals surface area (Å²) in [6, 6.07) is 0. The van der Waals surface area contributed by atoms with Crippen LogP contribution in [0.3, 0.4) is 0 Å². The first-order valence-electron chi connectivity index (χ1n) is 4.92. The summed E-state index contributed by atoms with van der Waals surface area (Å²) in [6.07, 6.45) is 4.96. The van der Waals surface area contributed by atoms with Gasteiger partial charge in [0, 0.05) is 7.11 Å². The highest BCUT2D eigenvalue weighted by atomic mass is 32.1. The van der Waals surface area contributed by atoms with Gasteiger partial charge >= 0.3 is 0 Å². The van der Waals surface area contributed by atoms with E-state index in [4.69, 9.17) is 27.5 Å². The molecule has 0 aliphatic heterocycles. The molecule has 1 rings (SSSR count). The Morgan fingerprint density at radius 3 is 2.57 bits per heavy atom. The van der Waals surface area contributed by atoms with Crippen LogP contribution in [0.2, 0.25) is 0 Å². The fourth-order valence-electron chi connectivity index (χ4n) is 1.77. The molecule has 14 heavy (non-hydrogen) atoms. The molecule has 0 aromatic rings. The molecular formula is C9H18N2O2S. The highest BCUT2D eigenvalue weighted by Gasteiger charge is 2.21. The van der Waals surface area contributed by atoms with E-state index >= 15 is 0 Å². The summed E-state index contributed by atoms with van der Waals surface area (Å²) in [7, 11) is 1.77. The Morgan fingerprint density at radius 2 is 2.07 bits per heavy atom. The van der Waals surface area contributed by atoms with Crippen molar-refractivity contribution in [3.8, 4) is 0 Å². The predicted molar refractivity (Wildman–Crippen MR) is 58.6 cm³/mol. The fourth-order valence-corrected chi connectivity index (χ4v) is 1.84. The molecule has 0 bridgehead atoms. The third-order valence-electron chi connectivity index (χ3n) is 2.70. The molecule has 0 atom stereocenters. The minimum absolute atomic E-state index is 0.277. The van der Waals surface area contributed by atoms with Crippen molar-refractivity contribution in [3.63, 3.8) is 0 Å². The molecule has 1 aliphatic carbocycles. The second kappa shape index (κ2) is 6.16. The molecule has 5 heteroatoms. The van der Waals surface area contributed by atoms with E-state index in [0.29, 0.717) is 18.6 Å². The summed E-state index contributed by atoms with van der Waals surface area (Å²) in [5.41, 5.74) is 2.31. The molecule has 1 aliphatic rings. The maximum atomic E-state index is 5.29. The van der Waals surface area contributed by atoms with Gasteiger partial charge in [0.1, 0.15) is 0 Å². The largest absolute Gasteiger partial charge is 0.470 e. The summed E-state index contributed by atoms with van der Waals surface area (Å²) in [4.78, 5) is 0. The van der Waals surface area contributed by atoms with Crippen LogP contribution in [-0.2, 0) is 9.47 Å². The normalized spacial score (nSPS) is 27.0. The summed E-state index contributed by atoms with van der Waals surface area (Å²) in [6.45, 7) is 0.666. The molecule has 0 saturated heterocycles. The van der Waals surface area contributed by atoms with Gasteiger partial charge in [-0.1, -0.05) is 0 Å². The lowest BCUT2D eigenvalue weighted by Crippen LogP contribution is -2.32. The first-order chi connectivity index (χ1) is 6.76. The maximum absolute atomic E-state index is 5.29. The van der Waals surface area contributed by atoms with Crippen LogP contribution in [0.25, 0.3) is 0 Å². The van der Waals surface area contributed by atoms with Crippen LogP contribution in [-0.4, -0.2) is 25.0 Å². The van der Waals surface area contributed by atoms with E-state index in [2.05, 4.69) is 5.43 Å². The number of thiocarbonyl (C=S) groups is 1. The van der Waals surface area contributed by atoms with E-state index < -0.39 is 0 Å². The van der Waals surface area contributed by atoms with E-state index in [1.807, 2.05) is 0 Å². The van der Waals surface area contributed by atoms with Crippen molar-refractivity contribution in [2.75, 3.05) is 13.7 Å². The van der Waals surface area contributed by atoms with Gasteiger partial charge in [-0.3, -0.25) is 5.43 Å². The highest BCUT2D eigenvalue weighted by molar-refractivity contribution is 7.80. The molecule has 4 nitrogen and oxygen atoms in total. The molecule has 0 radical (unpaired) electrons. The number of hydrogen-bond donors (Lipinski definition) is 2. The van der Waals surface area contributed by atoms with Crippen LogP contribution in [0, 0.1) is 5.92 Å². The van der Waals surface area contributed by atoms with Gasteiger partial charge in [-0.25, -0.2) is 5.84 Å². The number of rotatable bonds is 3. The summed E-state index contributed by atoms with van der Waals surface area (Å²) in [5, 5.41) is 0.277. The van der Waals surface area contributed by atoms with Crippen LogP contribution in [0.15, 0.2) is 0 Å². The van der Waals surface area contributed by atoms with Gasteiger partial charge in [-0.05, 0) is 43.8 Å². The molecule has 82 valence electrons. The van der Waals surface area contributed by atoms with Crippen molar-refractivity contribution in [2.24, 2.45) is 11.8 Å². The second-order valence-electron chi connectivity index (χ2n) is 3.62. The predicted octanol–water partition coefficient (Wildman–Crippen LogP) is 0.956. The van der Waals surface area contributed by atoms with Crippen molar-refractivity contribution in [1.29, 1.82) is 0 Å². The van der Waals surface area contributed by atoms with Crippen LogP contribution in [0.5, 0.6) is 0 Å². The maximum Gasteiger partial charge on any atom is 0.271 e. The molecule has 3 N–H and O–H groups in total. The Morgan fingerprint density at radius 1 is 1.43 bits per heavy atom. The molecular weight excluding hydrogens is 200 g/mol. The van der Waals surface area contributed by atoms with Crippen LogP contribution in [0.4, 0.5) is 0 Å². The number of nitrogens with one attached hydrogen (secondary N) is 1. The molecule has 0 aromatic heterocycles.